The third kappa shape index (κ3) is 5.48. The predicted octanol–water partition coefficient (Wildman–Crippen LogP) is 2.32. The van der Waals surface area contributed by atoms with E-state index in [2.05, 4.69) is 15.6 Å². The maximum atomic E-state index is 12.0. The van der Waals surface area contributed by atoms with Gasteiger partial charge in [0, 0.05) is 29.5 Å². The van der Waals surface area contributed by atoms with Crippen molar-refractivity contribution in [2.24, 2.45) is 5.73 Å². The molecular formula is C16H16N4O2S. The number of hydrogen-bond donors (Lipinski definition) is 3. The predicted molar refractivity (Wildman–Crippen MR) is 92.6 cm³/mol. The van der Waals surface area contributed by atoms with Crippen molar-refractivity contribution in [3.63, 3.8) is 0 Å². The second-order valence-corrected chi connectivity index (χ2v) is 5.39. The molecule has 0 aliphatic heterocycles. The number of rotatable bonds is 7. The lowest BCUT2D eigenvalue weighted by Gasteiger charge is -2.06. The Kier molecular flexibility index (Phi) is 6.19. The van der Waals surface area contributed by atoms with Crippen LogP contribution in [0.25, 0.3) is 0 Å². The number of amides is 2. The minimum atomic E-state index is -0.372. The molecule has 0 aliphatic rings. The van der Waals surface area contributed by atoms with Crippen molar-refractivity contribution in [1.29, 1.82) is 0 Å². The molecule has 4 N–H and O–H groups in total. The zero-order valence-corrected chi connectivity index (χ0v) is 13.0. The molecule has 0 aliphatic carbocycles. The highest BCUT2D eigenvalue weighted by molar-refractivity contribution is 8.01. The van der Waals surface area contributed by atoms with E-state index in [4.69, 9.17) is 5.73 Å². The van der Waals surface area contributed by atoms with Crippen molar-refractivity contribution < 1.29 is 9.59 Å². The van der Waals surface area contributed by atoms with Crippen LogP contribution in [0.15, 0.2) is 59.9 Å². The SMILES string of the molecule is N/C(=C\SCc1ccncc1)C(=O)Nc1ccc(NC=O)cc1. The van der Waals surface area contributed by atoms with Gasteiger partial charge in [0.15, 0.2) is 0 Å². The van der Waals surface area contributed by atoms with Gasteiger partial charge >= 0.3 is 0 Å². The Balaban J connectivity index is 1.86. The molecule has 118 valence electrons. The van der Waals surface area contributed by atoms with Crippen molar-refractivity contribution in [2.75, 3.05) is 10.6 Å². The highest BCUT2D eigenvalue weighted by Gasteiger charge is 2.05. The van der Waals surface area contributed by atoms with Gasteiger partial charge in [-0.1, -0.05) is 0 Å². The third-order valence-electron chi connectivity index (χ3n) is 2.84. The van der Waals surface area contributed by atoms with Gasteiger partial charge in [-0.3, -0.25) is 14.6 Å². The Morgan fingerprint density at radius 3 is 2.43 bits per heavy atom. The van der Waals surface area contributed by atoms with E-state index in [1.54, 1.807) is 42.1 Å². The van der Waals surface area contributed by atoms with E-state index in [-0.39, 0.29) is 11.6 Å². The number of benzene rings is 1. The third-order valence-corrected chi connectivity index (χ3v) is 3.76. The highest BCUT2D eigenvalue weighted by atomic mass is 32.2. The number of anilines is 2. The topological polar surface area (TPSA) is 97.1 Å². The highest BCUT2D eigenvalue weighted by Crippen LogP contribution is 2.15. The fraction of sp³-hybridized carbons (Fsp3) is 0.0625. The van der Waals surface area contributed by atoms with E-state index in [1.807, 2.05) is 12.1 Å². The molecule has 2 amide bonds. The van der Waals surface area contributed by atoms with Gasteiger partial charge in [-0.15, -0.1) is 11.8 Å². The Bertz CT molecular complexity index is 687. The van der Waals surface area contributed by atoms with Crippen LogP contribution in [0.1, 0.15) is 5.56 Å². The summed E-state index contributed by atoms with van der Waals surface area (Å²) in [5.41, 5.74) is 8.25. The molecule has 0 spiro atoms. The molecule has 0 saturated heterocycles. The molecule has 2 rings (SSSR count). The van der Waals surface area contributed by atoms with E-state index in [0.717, 1.165) is 5.56 Å². The van der Waals surface area contributed by atoms with E-state index >= 15 is 0 Å². The molecule has 0 fully saturated rings. The summed E-state index contributed by atoms with van der Waals surface area (Å²) in [7, 11) is 0. The van der Waals surface area contributed by atoms with Crippen LogP contribution in [-0.2, 0) is 15.3 Å². The van der Waals surface area contributed by atoms with Gasteiger partial charge < -0.3 is 16.4 Å². The summed E-state index contributed by atoms with van der Waals surface area (Å²) in [6, 6.07) is 10.5. The Morgan fingerprint density at radius 2 is 1.78 bits per heavy atom. The second-order valence-electron chi connectivity index (χ2n) is 4.53. The minimum Gasteiger partial charge on any atom is -0.394 e. The van der Waals surface area contributed by atoms with Gasteiger partial charge in [0.25, 0.3) is 5.91 Å². The van der Waals surface area contributed by atoms with E-state index in [0.29, 0.717) is 23.5 Å². The van der Waals surface area contributed by atoms with Gasteiger partial charge in [0.2, 0.25) is 6.41 Å². The fourth-order valence-electron chi connectivity index (χ4n) is 1.68. The number of nitrogens with zero attached hydrogens (tertiary/aromatic N) is 1. The lowest BCUT2D eigenvalue weighted by Crippen LogP contribution is -2.19. The average molecular weight is 328 g/mol. The van der Waals surface area contributed by atoms with Crippen LogP contribution in [0, 0.1) is 0 Å². The summed E-state index contributed by atoms with van der Waals surface area (Å²) in [6.45, 7) is 0. The summed E-state index contributed by atoms with van der Waals surface area (Å²) >= 11 is 1.44. The number of carbonyl (C=O) groups excluding carboxylic acids is 2. The van der Waals surface area contributed by atoms with E-state index in [1.165, 1.54) is 11.8 Å². The van der Waals surface area contributed by atoms with Crippen molar-refractivity contribution in [3.05, 3.63) is 65.5 Å². The first-order valence-electron chi connectivity index (χ1n) is 6.77. The zero-order valence-electron chi connectivity index (χ0n) is 12.2. The van der Waals surface area contributed by atoms with Gasteiger partial charge in [0.05, 0.1) is 0 Å². The van der Waals surface area contributed by atoms with Crippen LogP contribution < -0.4 is 16.4 Å². The van der Waals surface area contributed by atoms with Crippen LogP contribution in [0.4, 0.5) is 11.4 Å². The first-order valence-corrected chi connectivity index (χ1v) is 7.81. The van der Waals surface area contributed by atoms with Crippen LogP contribution in [0.3, 0.4) is 0 Å². The number of hydrogen-bond acceptors (Lipinski definition) is 5. The monoisotopic (exact) mass is 328 g/mol. The quantitative estimate of drug-likeness (QED) is 0.535. The first kappa shape index (κ1) is 16.6. The molecule has 6 nitrogen and oxygen atoms in total. The normalized spacial score (nSPS) is 10.9. The van der Waals surface area contributed by atoms with Crippen molar-refractivity contribution in [3.8, 4) is 0 Å². The molecule has 0 atom stereocenters. The van der Waals surface area contributed by atoms with Crippen molar-refractivity contribution in [2.45, 2.75) is 5.75 Å². The molecule has 1 aromatic carbocycles. The number of aromatic nitrogens is 1. The van der Waals surface area contributed by atoms with Crippen LogP contribution in [-0.4, -0.2) is 17.3 Å². The second kappa shape index (κ2) is 8.60. The molecule has 1 aromatic heterocycles. The molecular weight excluding hydrogens is 312 g/mol. The van der Waals surface area contributed by atoms with Gasteiger partial charge in [-0.05, 0) is 47.4 Å². The summed E-state index contributed by atoms with van der Waals surface area (Å²) in [5, 5.41) is 6.83. The minimum absolute atomic E-state index is 0.138. The van der Waals surface area contributed by atoms with Crippen molar-refractivity contribution in [1.82, 2.24) is 4.98 Å². The number of nitrogens with one attached hydrogen (secondary N) is 2. The molecule has 7 heteroatoms. The smallest absolute Gasteiger partial charge is 0.272 e. The summed E-state index contributed by atoms with van der Waals surface area (Å²) in [6.07, 6.45) is 4.03. The van der Waals surface area contributed by atoms with Crippen LogP contribution >= 0.6 is 11.8 Å². The Labute approximate surface area is 138 Å². The molecule has 0 radical (unpaired) electrons. The Hall–Kier alpha value is -2.80. The summed E-state index contributed by atoms with van der Waals surface area (Å²) in [5.74, 6) is 0.339. The van der Waals surface area contributed by atoms with Gasteiger partial charge in [-0.25, -0.2) is 0 Å². The maximum absolute atomic E-state index is 12.0. The number of carbonyl (C=O) groups is 2. The van der Waals surface area contributed by atoms with Crippen molar-refractivity contribution >= 4 is 35.5 Å². The average Bonchev–Trinajstić information content (AvgIpc) is 2.57. The largest absolute Gasteiger partial charge is 0.394 e. The number of thioether (sulfide) groups is 1. The number of nitrogens with two attached hydrogens (primary N) is 1. The van der Waals surface area contributed by atoms with E-state index < -0.39 is 0 Å². The van der Waals surface area contributed by atoms with Crippen LogP contribution in [0.5, 0.6) is 0 Å². The van der Waals surface area contributed by atoms with E-state index in [9.17, 15) is 9.59 Å². The molecule has 0 bridgehead atoms. The Morgan fingerprint density at radius 1 is 1.13 bits per heavy atom. The summed E-state index contributed by atoms with van der Waals surface area (Å²) in [4.78, 5) is 26.2. The molecule has 0 saturated carbocycles. The van der Waals surface area contributed by atoms with Gasteiger partial charge in [0.1, 0.15) is 5.70 Å². The molecule has 23 heavy (non-hydrogen) atoms. The lowest BCUT2D eigenvalue weighted by molar-refractivity contribution is -0.113. The lowest BCUT2D eigenvalue weighted by atomic mass is 10.2. The fourth-order valence-corrected chi connectivity index (χ4v) is 2.44. The van der Waals surface area contributed by atoms with Crippen LogP contribution in [0.2, 0.25) is 0 Å². The molecule has 0 unspecified atom stereocenters. The van der Waals surface area contributed by atoms with Gasteiger partial charge in [-0.2, -0.15) is 0 Å². The molecule has 1 heterocycles. The first-order chi connectivity index (χ1) is 11.2. The number of pyridine rings is 1. The zero-order chi connectivity index (χ0) is 16.5. The standard InChI is InChI=1S/C16H16N4O2S/c17-15(10-23-9-12-5-7-18-8-6-12)16(22)20-14-3-1-13(2-4-14)19-11-21/h1-8,10-11H,9,17H2,(H,19,21)(H,20,22)/b15-10-. The molecule has 2 aromatic rings. The summed E-state index contributed by atoms with van der Waals surface area (Å²) < 4.78 is 0. The maximum Gasteiger partial charge on any atom is 0.272 e.